The van der Waals surface area contributed by atoms with E-state index in [-0.39, 0.29) is 11.9 Å². The van der Waals surface area contributed by atoms with Gasteiger partial charge in [-0.3, -0.25) is 0 Å². The van der Waals surface area contributed by atoms with E-state index in [9.17, 15) is 4.39 Å². The Hall–Kier alpha value is -1.13. The summed E-state index contributed by atoms with van der Waals surface area (Å²) >= 11 is 0. The topological polar surface area (TPSA) is 30.5 Å². The molecule has 3 rings (SSSR count). The SMILES string of the molecule is COCCC1(CNCC2Cc3cc(F)ccc3O2)CC1. The molecule has 110 valence electrons. The van der Waals surface area contributed by atoms with E-state index in [1.807, 2.05) is 0 Å². The molecule has 0 bridgehead atoms. The maximum Gasteiger partial charge on any atom is 0.123 e. The van der Waals surface area contributed by atoms with E-state index in [1.165, 1.54) is 18.9 Å². The largest absolute Gasteiger partial charge is 0.488 e. The molecule has 0 aromatic heterocycles. The van der Waals surface area contributed by atoms with Gasteiger partial charge in [0.25, 0.3) is 0 Å². The minimum absolute atomic E-state index is 0.130. The average molecular weight is 279 g/mol. The Kier molecular flexibility index (Phi) is 3.94. The highest BCUT2D eigenvalue weighted by molar-refractivity contribution is 5.37. The Labute approximate surface area is 119 Å². The zero-order chi connectivity index (χ0) is 14.0. The lowest BCUT2D eigenvalue weighted by molar-refractivity contribution is 0.168. The van der Waals surface area contributed by atoms with Crippen LogP contribution in [0.1, 0.15) is 24.8 Å². The Balaban J connectivity index is 1.43. The fourth-order valence-corrected chi connectivity index (χ4v) is 2.91. The van der Waals surface area contributed by atoms with Gasteiger partial charge in [-0.25, -0.2) is 4.39 Å². The van der Waals surface area contributed by atoms with E-state index in [0.29, 0.717) is 5.41 Å². The summed E-state index contributed by atoms with van der Waals surface area (Å²) in [7, 11) is 1.76. The number of halogens is 1. The van der Waals surface area contributed by atoms with Gasteiger partial charge < -0.3 is 14.8 Å². The summed E-state index contributed by atoms with van der Waals surface area (Å²) in [6.07, 6.45) is 4.64. The standard InChI is InChI=1S/C16H22FNO2/c1-19-7-6-16(4-5-16)11-18-10-14-9-12-8-13(17)2-3-15(12)20-14/h2-3,8,14,18H,4-7,9-11H2,1H3. The van der Waals surface area contributed by atoms with Gasteiger partial charge in [0.1, 0.15) is 17.7 Å². The minimum Gasteiger partial charge on any atom is -0.488 e. The number of benzene rings is 1. The number of ether oxygens (including phenoxy) is 2. The van der Waals surface area contributed by atoms with Gasteiger partial charge in [-0.2, -0.15) is 0 Å². The summed E-state index contributed by atoms with van der Waals surface area (Å²) in [5.74, 6) is 0.649. The average Bonchev–Trinajstić information content (AvgIpc) is 3.08. The molecule has 3 nitrogen and oxygen atoms in total. The molecule has 1 heterocycles. The van der Waals surface area contributed by atoms with Crippen LogP contribution in [0.2, 0.25) is 0 Å². The number of fused-ring (bicyclic) bond motifs is 1. The summed E-state index contributed by atoms with van der Waals surface area (Å²) < 4.78 is 24.1. The van der Waals surface area contributed by atoms with E-state index in [0.717, 1.165) is 43.9 Å². The highest BCUT2D eigenvalue weighted by Gasteiger charge is 2.41. The number of nitrogens with one attached hydrogen (secondary N) is 1. The Bertz CT molecular complexity index is 474. The van der Waals surface area contributed by atoms with E-state index < -0.39 is 0 Å². The van der Waals surface area contributed by atoms with Gasteiger partial charge in [0.05, 0.1) is 0 Å². The van der Waals surface area contributed by atoms with Crippen LogP contribution in [0.3, 0.4) is 0 Å². The maximum atomic E-state index is 13.1. The number of hydrogen-bond donors (Lipinski definition) is 1. The first kappa shape index (κ1) is 13.8. The van der Waals surface area contributed by atoms with Crippen molar-refractivity contribution in [2.45, 2.75) is 31.8 Å². The molecule has 1 aromatic rings. The van der Waals surface area contributed by atoms with Crippen LogP contribution in [0, 0.1) is 11.2 Å². The van der Waals surface area contributed by atoms with Gasteiger partial charge in [0.2, 0.25) is 0 Å². The summed E-state index contributed by atoms with van der Waals surface area (Å²) in [4.78, 5) is 0. The Morgan fingerprint density at radius 3 is 3.05 bits per heavy atom. The second kappa shape index (κ2) is 5.70. The van der Waals surface area contributed by atoms with E-state index in [1.54, 1.807) is 19.2 Å². The molecule has 0 amide bonds. The predicted octanol–water partition coefficient (Wildman–Crippen LogP) is 2.54. The Morgan fingerprint density at radius 1 is 1.45 bits per heavy atom. The van der Waals surface area contributed by atoms with Crippen molar-refractivity contribution in [3.63, 3.8) is 0 Å². The molecule has 1 aromatic carbocycles. The van der Waals surface area contributed by atoms with Crippen LogP contribution in [0.15, 0.2) is 18.2 Å². The van der Waals surface area contributed by atoms with Crippen LogP contribution in [-0.2, 0) is 11.2 Å². The molecular formula is C16H22FNO2. The summed E-state index contributed by atoms with van der Waals surface area (Å²) in [5, 5.41) is 3.51. The van der Waals surface area contributed by atoms with Crippen molar-refractivity contribution in [1.82, 2.24) is 5.32 Å². The van der Waals surface area contributed by atoms with Crippen LogP contribution in [-0.4, -0.2) is 32.9 Å². The summed E-state index contributed by atoms with van der Waals surface area (Å²) in [6.45, 7) is 2.69. The third-order valence-electron chi connectivity index (χ3n) is 4.43. The lowest BCUT2D eigenvalue weighted by Gasteiger charge is -2.17. The number of methoxy groups -OCH3 is 1. The van der Waals surface area contributed by atoms with E-state index in [4.69, 9.17) is 9.47 Å². The van der Waals surface area contributed by atoms with E-state index >= 15 is 0 Å². The van der Waals surface area contributed by atoms with E-state index in [2.05, 4.69) is 5.32 Å². The molecule has 1 fully saturated rings. The van der Waals surface area contributed by atoms with Gasteiger partial charge in [0.15, 0.2) is 0 Å². The molecule has 0 radical (unpaired) electrons. The Morgan fingerprint density at radius 2 is 2.30 bits per heavy atom. The maximum absolute atomic E-state index is 13.1. The molecule has 1 saturated carbocycles. The predicted molar refractivity (Wildman–Crippen MR) is 75.5 cm³/mol. The molecule has 2 aliphatic rings. The zero-order valence-corrected chi connectivity index (χ0v) is 12.0. The van der Waals surface area contributed by atoms with Gasteiger partial charge in [0, 0.05) is 38.8 Å². The quantitative estimate of drug-likeness (QED) is 0.832. The zero-order valence-electron chi connectivity index (χ0n) is 12.0. The van der Waals surface area contributed by atoms with Crippen molar-refractivity contribution in [3.8, 4) is 5.75 Å². The van der Waals surface area contributed by atoms with Gasteiger partial charge in [-0.05, 0) is 42.9 Å². The minimum atomic E-state index is -0.183. The van der Waals surface area contributed by atoms with Crippen molar-refractivity contribution in [2.24, 2.45) is 5.41 Å². The lowest BCUT2D eigenvalue weighted by atomic mass is 10.0. The molecular weight excluding hydrogens is 257 g/mol. The van der Waals surface area contributed by atoms with Crippen molar-refractivity contribution >= 4 is 0 Å². The number of hydrogen-bond acceptors (Lipinski definition) is 3. The fourth-order valence-electron chi connectivity index (χ4n) is 2.91. The summed E-state index contributed by atoms with van der Waals surface area (Å²) in [5.41, 5.74) is 1.44. The molecule has 1 N–H and O–H groups in total. The first-order chi connectivity index (χ1) is 9.71. The highest BCUT2D eigenvalue weighted by Crippen LogP contribution is 2.48. The lowest BCUT2D eigenvalue weighted by Crippen LogP contribution is -2.34. The van der Waals surface area contributed by atoms with Crippen molar-refractivity contribution in [3.05, 3.63) is 29.6 Å². The molecule has 1 unspecified atom stereocenters. The molecule has 1 aliphatic heterocycles. The summed E-state index contributed by atoms with van der Waals surface area (Å²) in [6, 6.07) is 4.76. The molecule has 0 saturated heterocycles. The molecule has 1 aliphatic carbocycles. The second-order valence-corrected chi connectivity index (χ2v) is 6.07. The number of rotatable bonds is 7. The fraction of sp³-hybridized carbons (Fsp3) is 0.625. The van der Waals surface area contributed by atoms with Crippen molar-refractivity contribution in [2.75, 3.05) is 26.8 Å². The second-order valence-electron chi connectivity index (χ2n) is 6.07. The van der Waals surface area contributed by atoms with Crippen LogP contribution in [0.4, 0.5) is 4.39 Å². The highest BCUT2D eigenvalue weighted by atomic mass is 19.1. The molecule has 0 spiro atoms. The first-order valence-electron chi connectivity index (χ1n) is 7.36. The van der Waals surface area contributed by atoms with Crippen LogP contribution in [0.25, 0.3) is 0 Å². The third-order valence-corrected chi connectivity index (χ3v) is 4.43. The molecule has 4 heteroatoms. The van der Waals surface area contributed by atoms with Crippen LogP contribution in [0.5, 0.6) is 5.75 Å². The van der Waals surface area contributed by atoms with Crippen LogP contribution >= 0.6 is 0 Å². The first-order valence-corrected chi connectivity index (χ1v) is 7.36. The van der Waals surface area contributed by atoms with Crippen molar-refractivity contribution < 1.29 is 13.9 Å². The smallest absolute Gasteiger partial charge is 0.123 e. The monoisotopic (exact) mass is 279 g/mol. The van der Waals surface area contributed by atoms with Crippen molar-refractivity contribution in [1.29, 1.82) is 0 Å². The normalized spacial score (nSPS) is 22.4. The van der Waals surface area contributed by atoms with Gasteiger partial charge >= 0.3 is 0 Å². The molecule has 1 atom stereocenters. The van der Waals surface area contributed by atoms with Gasteiger partial charge in [-0.1, -0.05) is 0 Å². The van der Waals surface area contributed by atoms with Crippen LogP contribution < -0.4 is 10.1 Å². The third kappa shape index (κ3) is 3.13. The van der Waals surface area contributed by atoms with Gasteiger partial charge in [-0.15, -0.1) is 0 Å². The molecule has 20 heavy (non-hydrogen) atoms.